The summed E-state index contributed by atoms with van der Waals surface area (Å²) in [5.74, 6) is 1.06. The third kappa shape index (κ3) is 4.93. The molecule has 1 aromatic carbocycles. The molecule has 0 unspecified atom stereocenters. The fourth-order valence-corrected chi connectivity index (χ4v) is 3.29. The second-order valence-electron chi connectivity index (χ2n) is 7.26. The molecule has 1 aliphatic rings. The highest BCUT2D eigenvalue weighted by atomic mass is 19.1. The summed E-state index contributed by atoms with van der Waals surface area (Å²) in [5.41, 5.74) is 0.985. The van der Waals surface area contributed by atoms with Gasteiger partial charge in [0.1, 0.15) is 11.6 Å². The van der Waals surface area contributed by atoms with Gasteiger partial charge < -0.3 is 15.5 Å². The molecule has 6 nitrogen and oxygen atoms in total. The fraction of sp³-hybridized carbons (Fsp3) is 0.450. The number of aryl methyl sites for hydroxylation is 1. The standard InChI is InChI=1S/C20H26FN5O/c1-13-12-14(4-9-17(13)21)19(27)23-15-5-7-16(8-6-15)24-20-22-11-10-18(25-20)26(2)3/h4,9-12,15-16H,5-8H2,1-3H3,(H,23,27)(H,22,24,25). The second-order valence-corrected chi connectivity index (χ2v) is 7.26. The number of nitrogens with one attached hydrogen (secondary N) is 2. The molecular formula is C20H26FN5O. The van der Waals surface area contributed by atoms with Crippen LogP contribution < -0.4 is 15.5 Å². The Balaban J connectivity index is 1.50. The lowest BCUT2D eigenvalue weighted by molar-refractivity contribution is 0.0926. The molecule has 144 valence electrons. The monoisotopic (exact) mass is 371 g/mol. The van der Waals surface area contributed by atoms with Crippen molar-refractivity contribution in [2.24, 2.45) is 0 Å². The van der Waals surface area contributed by atoms with E-state index < -0.39 is 0 Å². The van der Waals surface area contributed by atoms with E-state index in [4.69, 9.17) is 0 Å². The smallest absolute Gasteiger partial charge is 0.251 e. The van der Waals surface area contributed by atoms with Gasteiger partial charge in [-0.2, -0.15) is 4.98 Å². The number of halogens is 1. The molecule has 1 aromatic heterocycles. The molecule has 7 heteroatoms. The lowest BCUT2D eigenvalue weighted by atomic mass is 9.91. The first kappa shape index (κ1) is 19.1. The highest BCUT2D eigenvalue weighted by Gasteiger charge is 2.23. The van der Waals surface area contributed by atoms with Crippen LogP contribution in [0.5, 0.6) is 0 Å². The van der Waals surface area contributed by atoms with Crippen molar-refractivity contribution in [2.75, 3.05) is 24.3 Å². The number of hydrogen-bond acceptors (Lipinski definition) is 5. The van der Waals surface area contributed by atoms with E-state index >= 15 is 0 Å². The summed E-state index contributed by atoms with van der Waals surface area (Å²) >= 11 is 0. The lowest BCUT2D eigenvalue weighted by Gasteiger charge is -2.29. The maximum Gasteiger partial charge on any atom is 0.251 e. The van der Waals surface area contributed by atoms with Gasteiger partial charge in [0.05, 0.1) is 0 Å². The van der Waals surface area contributed by atoms with Gasteiger partial charge in [0.25, 0.3) is 5.91 Å². The van der Waals surface area contributed by atoms with Crippen LogP contribution in [0.25, 0.3) is 0 Å². The van der Waals surface area contributed by atoms with Gasteiger partial charge >= 0.3 is 0 Å². The third-order valence-corrected chi connectivity index (χ3v) is 4.91. The average Bonchev–Trinajstić information content (AvgIpc) is 2.65. The molecule has 1 heterocycles. The van der Waals surface area contributed by atoms with Crippen molar-refractivity contribution in [3.05, 3.63) is 47.4 Å². The largest absolute Gasteiger partial charge is 0.363 e. The van der Waals surface area contributed by atoms with E-state index in [2.05, 4.69) is 20.6 Å². The molecule has 1 aliphatic carbocycles. The van der Waals surface area contributed by atoms with Gasteiger partial charge in [-0.25, -0.2) is 9.37 Å². The Bertz CT molecular complexity index is 803. The molecular weight excluding hydrogens is 345 g/mol. The van der Waals surface area contributed by atoms with Crippen molar-refractivity contribution in [2.45, 2.75) is 44.7 Å². The van der Waals surface area contributed by atoms with Crippen LogP contribution in [0.2, 0.25) is 0 Å². The van der Waals surface area contributed by atoms with Crippen LogP contribution in [-0.4, -0.2) is 42.1 Å². The van der Waals surface area contributed by atoms with Gasteiger partial charge in [0, 0.05) is 37.9 Å². The molecule has 2 N–H and O–H groups in total. The number of carbonyl (C=O) groups excluding carboxylic acids is 1. The number of rotatable bonds is 5. The minimum absolute atomic E-state index is 0.134. The number of benzene rings is 1. The van der Waals surface area contributed by atoms with E-state index in [1.807, 2.05) is 25.1 Å². The summed E-state index contributed by atoms with van der Waals surface area (Å²) in [6, 6.07) is 6.76. The minimum atomic E-state index is -0.293. The molecule has 3 rings (SSSR count). The SMILES string of the molecule is Cc1cc(C(=O)NC2CCC(Nc3nccc(N(C)C)n3)CC2)ccc1F. The molecule has 0 radical (unpaired) electrons. The quantitative estimate of drug-likeness (QED) is 0.845. The number of amides is 1. The molecule has 1 amide bonds. The first-order chi connectivity index (χ1) is 12.9. The molecule has 0 aliphatic heterocycles. The Morgan fingerprint density at radius 1 is 1.15 bits per heavy atom. The molecule has 2 aromatic rings. The Morgan fingerprint density at radius 2 is 1.85 bits per heavy atom. The molecule has 0 saturated heterocycles. The van der Waals surface area contributed by atoms with Crippen molar-refractivity contribution < 1.29 is 9.18 Å². The van der Waals surface area contributed by atoms with E-state index in [1.54, 1.807) is 19.2 Å². The Morgan fingerprint density at radius 3 is 2.52 bits per heavy atom. The summed E-state index contributed by atoms with van der Waals surface area (Å²) < 4.78 is 13.4. The summed E-state index contributed by atoms with van der Waals surface area (Å²) in [5, 5.41) is 6.46. The maximum absolute atomic E-state index is 13.4. The topological polar surface area (TPSA) is 70.2 Å². The average molecular weight is 371 g/mol. The lowest BCUT2D eigenvalue weighted by Crippen LogP contribution is -2.40. The fourth-order valence-electron chi connectivity index (χ4n) is 3.29. The molecule has 0 bridgehead atoms. The molecule has 1 fully saturated rings. The van der Waals surface area contributed by atoms with E-state index in [9.17, 15) is 9.18 Å². The summed E-state index contributed by atoms with van der Waals surface area (Å²) in [6.07, 6.45) is 5.39. The first-order valence-corrected chi connectivity index (χ1v) is 9.26. The van der Waals surface area contributed by atoms with E-state index in [-0.39, 0.29) is 17.8 Å². The highest BCUT2D eigenvalue weighted by molar-refractivity contribution is 5.94. The highest BCUT2D eigenvalue weighted by Crippen LogP contribution is 2.22. The number of nitrogens with zero attached hydrogens (tertiary/aromatic N) is 3. The molecule has 0 spiro atoms. The Labute approximate surface area is 159 Å². The van der Waals surface area contributed by atoms with Crippen molar-refractivity contribution in [1.82, 2.24) is 15.3 Å². The van der Waals surface area contributed by atoms with Gasteiger partial charge in [0.15, 0.2) is 0 Å². The Hall–Kier alpha value is -2.70. The van der Waals surface area contributed by atoms with Gasteiger partial charge in [-0.1, -0.05) is 0 Å². The van der Waals surface area contributed by atoms with Crippen LogP contribution in [0.15, 0.2) is 30.5 Å². The Kier molecular flexibility index (Phi) is 5.88. The number of hydrogen-bond donors (Lipinski definition) is 2. The van der Waals surface area contributed by atoms with Crippen molar-refractivity contribution in [1.29, 1.82) is 0 Å². The normalized spacial score (nSPS) is 19.4. The summed E-state index contributed by atoms with van der Waals surface area (Å²) in [7, 11) is 3.89. The predicted octanol–water partition coefficient (Wildman–Crippen LogP) is 3.14. The number of anilines is 2. The second kappa shape index (κ2) is 8.33. The summed E-state index contributed by atoms with van der Waals surface area (Å²) in [4.78, 5) is 23.1. The molecule has 1 saturated carbocycles. The van der Waals surface area contributed by atoms with E-state index in [0.29, 0.717) is 23.1 Å². The third-order valence-electron chi connectivity index (χ3n) is 4.91. The zero-order chi connectivity index (χ0) is 19.4. The van der Waals surface area contributed by atoms with Crippen LogP contribution >= 0.6 is 0 Å². The van der Waals surface area contributed by atoms with Crippen LogP contribution in [0.4, 0.5) is 16.2 Å². The number of aromatic nitrogens is 2. The molecule has 27 heavy (non-hydrogen) atoms. The van der Waals surface area contributed by atoms with E-state index in [1.165, 1.54) is 12.1 Å². The van der Waals surface area contributed by atoms with Crippen LogP contribution in [0, 0.1) is 12.7 Å². The minimum Gasteiger partial charge on any atom is -0.363 e. The van der Waals surface area contributed by atoms with Crippen molar-refractivity contribution >= 4 is 17.7 Å². The van der Waals surface area contributed by atoms with E-state index in [0.717, 1.165) is 31.5 Å². The van der Waals surface area contributed by atoms with Gasteiger partial charge in [-0.3, -0.25) is 4.79 Å². The zero-order valence-electron chi connectivity index (χ0n) is 16.0. The van der Waals surface area contributed by atoms with Gasteiger partial charge in [-0.15, -0.1) is 0 Å². The van der Waals surface area contributed by atoms with Crippen molar-refractivity contribution in [3.8, 4) is 0 Å². The number of carbonyl (C=O) groups is 1. The van der Waals surface area contributed by atoms with Crippen molar-refractivity contribution in [3.63, 3.8) is 0 Å². The van der Waals surface area contributed by atoms with Gasteiger partial charge in [0.2, 0.25) is 5.95 Å². The van der Waals surface area contributed by atoms with Crippen LogP contribution in [0.3, 0.4) is 0 Å². The first-order valence-electron chi connectivity index (χ1n) is 9.26. The predicted molar refractivity (Wildman–Crippen MR) is 105 cm³/mol. The summed E-state index contributed by atoms with van der Waals surface area (Å²) in [6.45, 7) is 1.66. The van der Waals surface area contributed by atoms with Crippen LogP contribution in [-0.2, 0) is 0 Å². The molecule has 0 atom stereocenters. The van der Waals surface area contributed by atoms with Gasteiger partial charge in [-0.05, 0) is 62.4 Å². The maximum atomic E-state index is 13.4. The zero-order valence-corrected chi connectivity index (χ0v) is 16.0. The van der Waals surface area contributed by atoms with Crippen LogP contribution in [0.1, 0.15) is 41.6 Å².